The van der Waals surface area contributed by atoms with E-state index in [1.807, 2.05) is 31.2 Å². The number of aryl methyl sites for hydroxylation is 1. The molecule has 1 amide bonds. The molecule has 0 radical (unpaired) electrons. The molecule has 2 N–H and O–H groups in total. The second kappa shape index (κ2) is 9.92. The van der Waals surface area contributed by atoms with Crippen molar-refractivity contribution in [1.82, 2.24) is 15.1 Å². The molecule has 3 aromatic rings. The first-order valence-electron chi connectivity index (χ1n) is 12.2. The first-order chi connectivity index (χ1) is 17.0. The normalized spacial score (nSPS) is 17.9. The van der Waals surface area contributed by atoms with E-state index in [1.54, 1.807) is 4.90 Å². The Bertz CT molecular complexity index is 1210. The number of fused-ring (bicyclic) bond motifs is 1. The number of carbonyl (C=O) groups excluding carboxylic acids is 1. The predicted octanol–water partition coefficient (Wildman–Crippen LogP) is 4.01. The molecule has 2 aliphatic heterocycles. The van der Waals surface area contributed by atoms with E-state index in [9.17, 15) is 15.0 Å². The molecular weight excluding hydrogens is 444 g/mol. The fraction of sp³-hybridized carbons (Fsp3) is 0.370. The standard InChI is InChI=1S/C27H30N4O4/c1-18-4-5-20-16-19(23-9-11-26(29-28-23)35-15-14-30-12-2-3-13-30)6-10-24(20)31(18)27(34)22-8-7-21(32)17-25(22)33/h6-11,16-18,32-33H,2-5,12-15H2,1H3/t18-/m0/s1. The van der Waals surface area contributed by atoms with Gasteiger partial charge in [0.25, 0.3) is 5.91 Å². The summed E-state index contributed by atoms with van der Waals surface area (Å²) in [6.45, 7) is 5.80. The number of rotatable bonds is 6. The molecule has 2 aromatic carbocycles. The number of nitrogens with zero attached hydrogens (tertiary/aromatic N) is 4. The SMILES string of the molecule is C[C@H]1CCc2cc(-c3ccc(OCCN4CCCC4)nn3)ccc2N1C(=O)c1ccc(O)cc1O. The summed E-state index contributed by atoms with van der Waals surface area (Å²) < 4.78 is 5.77. The molecule has 0 saturated carbocycles. The number of phenolic OH excluding ortho intramolecular Hbond substituents is 2. The van der Waals surface area contributed by atoms with Crippen molar-refractivity contribution in [1.29, 1.82) is 0 Å². The van der Waals surface area contributed by atoms with E-state index in [4.69, 9.17) is 4.74 Å². The number of likely N-dealkylation sites (tertiary alicyclic amines) is 1. The second-order valence-electron chi connectivity index (χ2n) is 9.26. The third kappa shape index (κ3) is 4.93. The molecule has 8 nitrogen and oxygen atoms in total. The van der Waals surface area contributed by atoms with Crippen molar-refractivity contribution in [3.8, 4) is 28.6 Å². The monoisotopic (exact) mass is 474 g/mol. The van der Waals surface area contributed by atoms with Gasteiger partial charge in [-0.1, -0.05) is 6.07 Å². The topological polar surface area (TPSA) is 99.0 Å². The third-order valence-corrected chi connectivity index (χ3v) is 6.83. The molecule has 1 atom stereocenters. The minimum Gasteiger partial charge on any atom is -0.508 e. The first-order valence-corrected chi connectivity index (χ1v) is 12.2. The lowest BCUT2D eigenvalue weighted by molar-refractivity contribution is 0.0972. The van der Waals surface area contributed by atoms with Crippen LogP contribution in [0, 0.1) is 0 Å². The zero-order valence-corrected chi connectivity index (χ0v) is 19.9. The van der Waals surface area contributed by atoms with Gasteiger partial charge in [-0.3, -0.25) is 9.69 Å². The van der Waals surface area contributed by atoms with E-state index >= 15 is 0 Å². The molecule has 0 bridgehead atoms. The van der Waals surface area contributed by atoms with Crippen molar-refractivity contribution in [2.75, 3.05) is 31.1 Å². The maximum Gasteiger partial charge on any atom is 0.262 e. The van der Waals surface area contributed by atoms with Crippen LogP contribution >= 0.6 is 0 Å². The zero-order chi connectivity index (χ0) is 24.4. The molecule has 35 heavy (non-hydrogen) atoms. The van der Waals surface area contributed by atoms with Gasteiger partial charge < -0.3 is 19.8 Å². The van der Waals surface area contributed by atoms with Gasteiger partial charge in [0, 0.05) is 36.0 Å². The number of ether oxygens (including phenoxy) is 1. The fourth-order valence-corrected chi connectivity index (χ4v) is 4.89. The van der Waals surface area contributed by atoms with Gasteiger partial charge in [0.1, 0.15) is 18.1 Å². The van der Waals surface area contributed by atoms with Gasteiger partial charge in [-0.05, 0) is 81.6 Å². The molecule has 1 fully saturated rings. The lowest BCUT2D eigenvalue weighted by Crippen LogP contribution is -2.42. The Morgan fingerprint density at radius 1 is 1.06 bits per heavy atom. The highest BCUT2D eigenvalue weighted by Gasteiger charge is 2.30. The van der Waals surface area contributed by atoms with Gasteiger partial charge in [-0.2, -0.15) is 0 Å². The highest BCUT2D eigenvalue weighted by molar-refractivity contribution is 6.09. The Balaban J connectivity index is 1.32. The van der Waals surface area contributed by atoms with Crippen LogP contribution in [0.1, 0.15) is 42.1 Å². The maximum atomic E-state index is 13.3. The molecule has 182 valence electrons. The molecule has 5 rings (SSSR count). The minimum atomic E-state index is -0.293. The van der Waals surface area contributed by atoms with Gasteiger partial charge in [-0.25, -0.2) is 0 Å². The van der Waals surface area contributed by atoms with Crippen LogP contribution in [0.5, 0.6) is 17.4 Å². The molecule has 0 unspecified atom stereocenters. The summed E-state index contributed by atoms with van der Waals surface area (Å²) >= 11 is 0. The average Bonchev–Trinajstić information content (AvgIpc) is 3.37. The number of aromatic hydroxyl groups is 2. The average molecular weight is 475 g/mol. The number of amides is 1. The van der Waals surface area contributed by atoms with Gasteiger partial charge in [-0.15, -0.1) is 10.2 Å². The number of anilines is 1. The Hall–Kier alpha value is -3.65. The summed E-state index contributed by atoms with van der Waals surface area (Å²) in [5.41, 5.74) is 3.69. The van der Waals surface area contributed by atoms with E-state index in [1.165, 1.54) is 31.0 Å². The van der Waals surface area contributed by atoms with Crippen molar-refractivity contribution in [2.45, 2.75) is 38.6 Å². The van der Waals surface area contributed by atoms with Crippen LogP contribution in [0.2, 0.25) is 0 Å². The highest BCUT2D eigenvalue weighted by Crippen LogP contribution is 2.36. The van der Waals surface area contributed by atoms with Crippen LogP contribution in [0.25, 0.3) is 11.3 Å². The lowest BCUT2D eigenvalue weighted by atomic mass is 9.93. The van der Waals surface area contributed by atoms with E-state index in [2.05, 4.69) is 21.2 Å². The zero-order valence-electron chi connectivity index (χ0n) is 19.9. The smallest absolute Gasteiger partial charge is 0.262 e. The largest absolute Gasteiger partial charge is 0.508 e. The Morgan fingerprint density at radius 2 is 1.89 bits per heavy atom. The molecule has 1 saturated heterocycles. The van der Waals surface area contributed by atoms with Gasteiger partial charge in [0.2, 0.25) is 5.88 Å². The van der Waals surface area contributed by atoms with E-state index in [0.29, 0.717) is 12.5 Å². The summed E-state index contributed by atoms with van der Waals surface area (Å²) in [5, 5.41) is 28.4. The van der Waals surface area contributed by atoms with Crippen molar-refractivity contribution < 1.29 is 19.7 Å². The number of hydrogen-bond acceptors (Lipinski definition) is 7. The molecule has 1 aromatic heterocycles. The van der Waals surface area contributed by atoms with Crippen LogP contribution < -0.4 is 9.64 Å². The molecule has 0 aliphatic carbocycles. The Morgan fingerprint density at radius 3 is 2.63 bits per heavy atom. The first kappa shape index (κ1) is 23.1. The summed E-state index contributed by atoms with van der Waals surface area (Å²) in [4.78, 5) is 17.4. The lowest BCUT2D eigenvalue weighted by Gasteiger charge is -2.35. The van der Waals surface area contributed by atoms with Crippen molar-refractivity contribution in [2.24, 2.45) is 0 Å². The fourth-order valence-electron chi connectivity index (χ4n) is 4.89. The van der Waals surface area contributed by atoms with Crippen LogP contribution in [0.15, 0.2) is 48.5 Å². The number of phenols is 2. The van der Waals surface area contributed by atoms with E-state index in [-0.39, 0.29) is 29.0 Å². The molecular formula is C27H30N4O4. The van der Waals surface area contributed by atoms with Gasteiger partial charge in [0.15, 0.2) is 0 Å². The van der Waals surface area contributed by atoms with Crippen molar-refractivity contribution in [3.63, 3.8) is 0 Å². The number of benzene rings is 2. The summed E-state index contributed by atoms with van der Waals surface area (Å²) in [6, 6.07) is 13.7. The Kier molecular flexibility index (Phi) is 6.55. The van der Waals surface area contributed by atoms with E-state index in [0.717, 1.165) is 55.0 Å². The number of aromatic nitrogens is 2. The third-order valence-electron chi connectivity index (χ3n) is 6.83. The van der Waals surface area contributed by atoms with Gasteiger partial charge >= 0.3 is 0 Å². The van der Waals surface area contributed by atoms with Crippen molar-refractivity contribution in [3.05, 3.63) is 59.7 Å². The molecule has 8 heteroatoms. The maximum absolute atomic E-state index is 13.3. The molecule has 3 heterocycles. The summed E-state index contributed by atoms with van der Waals surface area (Å²) in [7, 11) is 0. The number of carbonyl (C=O) groups is 1. The summed E-state index contributed by atoms with van der Waals surface area (Å²) in [6.07, 6.45) is 4.16. The minimum absolute atomic E-state index is 0.0224. The quantitative estimate of drug-likeness (QED) is 0.557. The molecule has 0 spiro atoms. The van der Waals surface area contributed by atoms with Crippen LogP contribution in [0.4, 0.5) is 5.69 Å². The molecule has 2 aliphatic rings. The van der Waals surface area contributed by atoms with Crippen molar-refractivity contribution >= 4 is 11.6 Å². The predicted molar refractivity (Wildman–Crippen MR) is 133 cm³/mol. The number of hydrogen-bond donors (Lipinski definition) is 2. The van der Waals surface area contributed by atoms with Crippen LogP contribution in [-0.4, -0.2) is 63.5 Å². The summed E-state index contributed by atoms with van der Waals surface area (Å²) in [5.74, 6) is -0.0898. The second-order valence-corrected chi connectivity index (χ2v) is 9.26. The van der Waals surface area contributed by atoms with E-state index < -0.39 is 0 Å². The Labute approximate surface area is 204 Å². The van der Waals surface area contributed by atoms with Gasteiger partial charge in [0.05, 0.1) is 11.3 Å². The highest BCUT2D eigenvalue weighted by atomic mass is 16.5. The van der Waals surface area contributed by atoms with Crippen LogP contribution in [0.3, 0.4) is 0 Å². The van der Waals surface area contributed by atoms with Crippen LogP contribution in [-0.2, 0) is 6.42 Å².